The van der Waals surface area contributed by atoms with Gasteiger partial charge >= 0.3 is 0 Å². The molecule has 1 aromatic rings. The third kappa shape index (κ3) is 2.44. The molecular weight excluding hydrogens is 262 g/mol. The van der Waals surface area contributed by atoms with Crippen molar-refractivity contribution in [1.82, 2.24) is 4.90 Å². The van der Waals surface area contributed by atoms with Gasteiger partial charge in [-0.2, -0.15) is 11.3 Å². The highest BCUT2D eigenvalue weighted by molar-refractivity contribution is 7.07. The maximum absolute atomic E-state index is 12.2. The number of rotatable bonds is 2. The molecule has 1 atom stereocenters. The minimum absolute atomic E-state index is 0.0413. The Kier molecular flexibility index (Phi) is 3.41. The van der Waals surface area contributed by atoms with E-state index >= 15 is 0 Å². The summed E-state index contributed by atoms with van der Waals surface area (Å²) in [5.41, 5.74) is 0.457. The monoisotopic (exact) mass is 279 g/mol. The van der Waals surface area contributed by atoms with Gasteiger partial charge in [0.05, 0.1) is 13.0 Å². The number of nitrogens with zero attached hydrogens (tertiary/aromatic N) is 1. The van der Waals surface area contributed by atoms with Crippen molar-refractivity contribution in [3.63, 3.8) is 0 Å². The van der Waals surface area contributed by atoms with E-state index in [0.29, 0.717) is 26.0 Å². The molecule has 5 heteroatoms. The largest absolute Gasteiger partial charge is 0.367 e. The van der Waals surface area contributed by atoms with Gasteiger partial charge in [-0.15, -0.1) is 0 Å². The Balaban J connectivity index is 1.62. The highest BCUT2D eigenvalue weighted by atomic mass is 32.1. The fourth-order valence-corrected chi connectivity index (χ4v) is 3.53. The number of ketones is 1. The molecule has 1 spiro atoms. The van der Waals surface area contributed by atoms with E-state index in [2.05, 4.69) is 0 Å². The van der Waals surface area contributed by atoms with Gasteiger partial charge in [0, 0.05) is 19.6 Å². The number of carbonyl (C=O) groups is 2. The predicted octanol–water partition coefficient (Wildman–Crippen LogP) is 1.64. The Morgan fingerprint density at radius 1 is 1.47 bits per heavy atom. The quantitative estimate of drug-likeness (QED) is 0.827. The third-order valence-electron chi connectivity index (χ3n) is 4.02. The number of likely N-dealkylation sites (tertiary alicyclic amines) is 1. The second-order valence-electron chi connectivity index (χ2n) is 5.24. The van der Waals surface area contributed by atoms with Crippen LogP contribution in [0.3, 0.4) is 0 Å². The molecule has 19 heavy (non-hydrogen) atoms. The van der Waals surface area contributed by atoms with Crippen LogP contribution in [0.2, 0.25) is 0 Å². The lowest BCUT2D eigenvalue weighted by Crippen LogP contribution is -2.54. The minimum Gasteiger partial charge on any atom is -0.367 e. The maximum Gasteiger partial charge on any atom is 0.227 e. The highest BCUT2D eigenvalue weighted by Crippen LogP contribution is 2.33. The zero-order chi connectivity index (χ0) is 13.3. The van der Waals surface area contributed by atoms with Crippen LogP contribution < -0.4 is 0 Å². The fraction of sp³-hybridized carbons (Fsp3) is 0.571. The van der Waals surface area contributed by atoms with Crippen molar-refractivity contribution in [3.8, 4) is 0 Å². The molecule has 4 nitrogen and oxygen atoms in total. The van der Waals surface area contributed by atoms with Crippen LogP contribution >= 0.6 is 11.3 Å². The van der Waals surface area contributed by atoms with Gasteiger partial charge in [-0.25, -0.2) is 0 Å². The summed E-state index contributed by atoms with van der Waals surface area (Å²) in [6, 6.07) is 1.95. The first-order valence-electron chi connectivity index (χ1n) is 6.66. The Labute approximate surface area is 116 Å². The van der Waals surface area contributed by atoms with Crippen LogP contribution in [0.5, 0.6) is 0 Å². The number of piperidine rings is 1. The van der Waals surface area contributed by atoms with Crippen molar-refractivity contribution in [3.05, 3.63) is 22.4 Å². The van der Waals surface area contributed by atoms with Crippen LogP contribution in [0.1, 0.15) is 24.8 Å². The first-order valence-corrected chi connectivity index (χ1v) is 7.60. The molecule has 0 saturated carbocycles. The second kappa shape index (κ2) is 5.06. The molecule has 102 valence electrons. The molecule has 2 aliphatic heterocycles. The first kappa shape index (κ1) is 12.8. The summed E-state index contributed by atoms with van der Waals surface area (Å²) in [6.45, 7) is 1.52. The minimum atomic E-state index is -0.570. The average Bonchev–Trinajstić information content (AvgIpc) is 3.05. The number of ether oxygens (including phenoxy) is 1. The molecule has 0 bridgehead atoms. The predicted molar refractivity (Wildman–Crippen MR) is 72.1 cm³/mol. The van der Waals surface area contributed by atoms with Gasteiger partial charge in [0.1, 0.15) is 5.60 Å². The SMILES string of the molecule is O=C(Cc1ccsc1)N1CC[C@]2(CCCO2)C(=O)C1. The summed E-state index contributed by atoms with van der Waals surface area (Å²) in [5, 5.41) is 3.94. The van der Waals surface area contributed by atoms with Crippen molar-refractivity contribution in [2.45, 2.75) is 31.3 Å². The number of amides is 1. The van der Waals surface area contributed by atoms with E-state index in [-0.39, 0.29) is 18.2 Å². The Hall–Kier alpha value is -1.20. The zero-order valence-electron chi connectivity index (χ0n) is 10.8. The summed E-state index contributed by atoms with van der Waals surface area (Å²) >= 11 is 1.59. The van der Waals surface area contributed by atoms with E-state index in [1.165, 1.54) is 0 Å². The topological polar surface area (TPSA) is 46.6 Å². The van der Waals surface area contributed by atoms with Crippen molar-refractivity contribution in [1.29, 1.82) is 0 Å². The molecule has 2 aliphatic rings. The normalized spacial score (nSPS) is 27.2. The van der Waals surface area contributed by atoms with Gasteiger partial charge in [0.25, 0.3) is 0 Å². The van der Waals surface area contributed by atoms with E-state index < -0.39 is 5.60 Å². The van der Waals surface area contributed by atoms with Gasteiger partial charge in [0.15, 0.2) is 5.78 Å². The van der Waals surface area contributed by atoms with Crippen molar-refractivity contribution in [2.24, 2.45) is 0 Å². The lowest BCUT2D eigenvalue weighted by atomic mass is 9.87. The number of thiophene rings is 1. The number of hydrogen-bond donors (Lipinski definition) is 0. The first-order chi connectivity index (χ1) is 9.20. The lowest BCUT2D eigenvalue weighted by molar-refractivity contribution is -0.152. The zero-order valence-corrected chi connectivity index (χ0v) is 11.6. The second-order valence-corrected chi connectivity index (χ2v) is 6.02. The van der Waals surface area contributed by atoms with Gasteiger partial charge in [-0.3, -0.25) is 9.59 Å². The molecule has 1 aromatic heterocycles. The standard InChI is InChI=1S/C14H17NO3S/c16-12-9-15(5-4-14(12)3-1-6-18-14)13(17)8-11-2-7-19-10-11/h2,7,10H,1,3-6,8-9H2/t14-/m1/s1. The summed E-state index contributed by atoms with van der Waals surface area (Å²) in [7, 11) is 0. The van der Waals surface area contributed by atoms with Gasteiger partial charge in [-0.1, -0.05) is 0 Å². The van der Waals surface area contributed by atoms with Crippen molar-refractivity contribution >= 4 is 23.0 Å². The molecule has 0 N–H and O–H groups in total. The van der Waals surface area contributed by atoms with Crippen molar-refractivity contribution in [2.75, 3.05) is 19.7 Å². The van der Waals surface area contributed by atoms with Crippen LogP contribution in [0.15, 0.2) is 16.8 Å². The summed E-state index contributed by atoms with van der Waals surface area (Å²) < 4.78 is 5.64. The molecule has 0 unspecified atom stereocenters. The molecule has 0 aliphatic carbocycles. The average molecular weight is 279 g/mol. The van der Waals surface area contributed by atoms with Crippen LogP contribution in [0.4, 0.5) is 0 Å². The third-order valence-corrected chi connectivity index (χ3v) is 4.75. The lowest BCUT2D eigenvalue weighted by Gasteiger charge is -2.37. The van der Waals surface area contributed by atoms with E-state index in [4.69, 9.17) is 4.74 Å². The molecule has 2 saturated heterocycles. The fourth-order valence-electron chi connectivity index (χ4n) is 2.86. The van der Waals surface area contributed by atoms with Gasteiger partial charge in [-0.05, 0) is 35.2 Å². The molecular formula is C14H17NO3S. The van der Waals surface area contributed by atoms with Crippen molar-refractivity contribution < 1.29 is 14.3 Å². The molecule has 0 aromatic carbocycles. The Morgan fingerprint density at radius 3 is 3.00 bits per heavy atom. The highest BCUT2D eigenvalue weighted by Gasteiger charge is 2.46. The van der Waals surface area contributed by atoms with Gasteiger partial charge in [0.2, 0.25) is 5.91 Å². The smallest absolute Gasteiger partial charge is 0.227 e. The van der Waals surface area contributed by atoms with Crippen LogP contribution in [-0.2, 0) is 20.7 Å². The summed E-state index contributed by atoms with van der Waals surface area (Å²) in [4.78, 5) is 26.0. The van der Waals surface area contributed by atoms with Gasteiger partial charge < -0.3 is 9.64 Å². The van der Waals surface area contributed by atoms with Crippen LogP contribution in [0, 0.1) is 0 Å². The van der Waals surface area contributed by atoms with Crippen LogP contribution in [0.25, 0.3) is 0 Å². The molecule has 0 radical (unpaired) electrons. The maximum atomic E-state index is 12.2. The molecule has 1 amide bonds. The number of carbonyl (C=O) groups excluding carboxylic acids is 2. The van der Waals surface area contributed by atoms with E-state index in [1.807, 2.05) is 16.8 Å². The summed E-state index contributed by atoms with van der Waals surface area (Å²) in [6.07, 6.45) is 2.82. The number of Topliss-reactive ketones (excluding diaryl/α,β-unsaturated/α-hetero) is 1. The number of hydrogen-bond acceptors (Lipinski definition) is 4. The van der Waals surface area contributed by atoms with E-state index in [1.54, 1.807) is 16.2 Å². The molecule has 2 fully saturated rings. The Bertz CT molecular complexity index is 477. The summed E-state index contributed by atoms with van der Waals surface area (Å²) in [5.74, 6) is 0.120. The Morgan fingerprint density at radius 2 is 2.37 bits per heavy atom. The van der Waals surface area contributed by atoms with E-state index in [0.717, 1.165) is 18.4 Å². The molecule has 3 heterocycles. The van der Waals surface area contributed by atoms with Crippen LogP contribution in [-0.4, -0.2) is 41.9 Å². The molecule has 3 rings (SSSR count). The van der Waals surface area contributed by atoms with E-state index in [9.17, 15) is 9.59 Å².